The molecule has 0 spiro atoms. The highest BCUT2D eigenvalue weighted by Gasteiger charge is 2.10. The Morgan fingerprint density at radius 1 is 1.20 bits per heavy atom. The predicted molar refractivity (Wildman–Crippen MR) is 86.0 cm³/mol. The van der Waals surface area contributed by atoms with Crippen LogP contribution in [-0.2, 0) is 13.0 Å². The van der Waals surface area contributed by atoms with Crippen LogP contribution in [0.15, 0.2) is 18.2 Å². The topological polar surface area (TPSA) is 40.7 Å². The molecule has 2 N–H and O–H groups in total. The molecule has 1 heterocycles. The molecule has 6 heteroatoms. The van der Waals surface area contributed by atoms with E-state index in [0.29, 0.717) is 27.4 Å². The van der Waals surface area contributed by atoms with Crippen LogP contribution in [0.25, 0.3) is 0 Å². The highest BCUT2D eigenvalue weighted by atomic mass is 35.5. The summed E-state index contributed by atoms with van der Waals surface area (Å²) in [6.07, 6.45) is 3.12. The van der Waals surface area contributed by atoms with Gasteiger partial charge >= 0.3 is 0 Å². The Hall–Kier alpha value is -0.900. The van der Waals surface area contributed by atoms with Crippen LogP contribution in [0, 0.1) is 0 Å². The van der Waals surface area contributed by atoms with Crippen LogP contribution in [0.1, 0.15) is 31.3 Å². The van der Waals surface area contributed by atoms with Gasteiger partial charge in [-0.3, -0.25) is 0 Å². The van der Waals surface area contributed by atoms with Crippen molar-refractivity contribution in [1.29, 1.82) is 0 Å². The SMILES string of the molecule is CCCCc1nc(Cl)c(CNc2c(Cl)cccc2Cl)[nH]1. The van der Waals surface area contributed by atoms with Gasteiger partial charge in [-0.1, -0.05) is 54.2 Å². The minimum atomic E-state index is 0.492. The number of nitrogens with zero attached hydrogens (tertiary/aromatic N) is 1. The van der Waals surface area contributed by atoms with E-state index in [1.54, 1.807) is 12.1 Å². The number of para-hydroxylation sites is 1. The summed E-state index contributed by atoms with van der Waals surface area (Å²) in [6.45, 7) is 2.65. The maximum atomic E-state index is 6.12. The van der Waals surface area contributed by atoms with Gasteiger partial charge in [-0.15, -0.1) is 0 Å². The van der Waals surface area contributed by atoms with Gasteiger partial charge in [0.15, 0.2) is 5.15 Å². The predicted octanol–water partition coefficient (Wildman–Crippen LogP) is 5.32. The zero-order valence-electron chi connectivity index (χ0n) is 11.1. The van der Waals surface area contributed by atoms with Gasteiger partial charge in [0.05, 0.1) is 28.0 Å². The van der Waals surface area contributed by atoms with Crippen molar-refractivity contribution in [3.8, 4) is 0 Å². The second-order valence-electron chi connectivity index (χ2n) is 4.51. The van der Waals surface area contributed by atoms with E-state index in [4.69, 9.17) is 34.8 Å². The standard InChI is InChI=1S/C14H16Cl3N3/c1-2-3-7-12-19-11(14(17)20-12)8-18-13-9(15)5-4-6-10(13)16/h4-6,18H,2-3,7-8H2,1H3,(H,19,20). The fraction of sp³-hybridized carbons (Fsp3) is 0.357. The zero-order chi connectivity index (χ0) is 14.5. The van der Waals surface area contributed by atoms with Gasteiger partial charge in [-0.2, -0.15) is 0 Å². The minimum absolute atomic E-state index is 0.492. The van der Waals surface area contributed by atoms with Gasteiger partial charge in [0, 0.05) is 6.42 Å². The average molecular weight is 333 g/mol. The van der Waals surface area contributed by atoms with Crippen molar-refractivity contribution in [3.05, 3.63) is 44.9 Å². The van der Waals surface area contributed by atoms with E-state index in [-0.39, 0.29) is 0 Å². The monoisotopic (exact) mass is 331 g/mol. The van der Waals surface area contributed by atoms with Crippen LogP contribution in [0.4, 0.5) is 5.69 Å². The van der Waals surface area contributed by atoms with Crippen LogP contribution < -0.4 is 5.32 Å². The van der Waals surface area contributed by atoms with Gasteiger partial charge in [0.25, 0.3) is 0 Å². The molecule has 0 aliphatic heterocycles. The number of unbranched alkanes of at least 4 members (excludes halogenated alkanes) is 1. The Morgan fingerprint density at radius 2 is 1.90 bits per heavy atom. The van der Waals surface area contributed by atoms with Crippen molar-refractivity contribution in [2.45, 2.75) is 32.7 Å². The van der Waals surface area contributed by atoms with Crippen LogP contribution in [0.2, 0.25) is 15.2 Å². The van der Waals surface area contributed by atoms with Crippen molar-refractivity contribution < 1.29 is 0 Å². The van der Waals surface area contributed by atoms with Crippen LogP contribution in [0.5, 0.6) is 0 Å². The molecule has 0 aliphatic carbocycles. The van der Waals surface area contributed by atoms with E-state index >= 15 is 0 Å². The molecule has 1 aromatic carbocycles. The summed E-state index contributed by atoms with van der Waals surface area (Å²) in [6, 6.07) is 5.38. The second kappa shape index (κ2) is 7.21. The van der Waals surface area contributed by atoms with Crippen LogP contribution in [0.3, 0.4) is 0 Å². The molecule has 2 rings (SSSR count). The first-order valence-corrected chi connectivity index (χ1v) is 7.66. The molecule has 2 aromatic rings. The Balaban J connectivity index is 2.05. The number of imidazole rings is 1. The normalized spacial score (nSPS) is 10.8. The fourth-order valence-corrected chi connectivity index (χ4v) is 2.61. The van der Waals surface area contributed by atoms with Crippen molar-refractivity contribution in [2.75, 3.05) is 5.32 Å². The summed E-state index contributed by atoms with van der Waals surface area (Å²) in [5, 5.41) is 4.85. The third kappa shape index (κ3) is 3.81. The van der Waals surface area contributed by atoms with Crippen molar-refractivity contribution in [1.82, 2.24) is 9.97 Å². The second-order valence-corrected chi connectivity index (χ2v) is 5.68. The summed E-state index contributed by atoms with van der Waals surface area (Å²) in [4.78, 5) is 7.54. The molecular weight excluding hydrogens is 317 g/mol. The van der Waals surface area contributed by atoms with E-state index in [9.17, 15) is 0 Å². The summed E-state index contributed by atoms with van der Waals surface area (Å²) in [7, 11) is 0. The summed E-state index contributed by atoms with van der Waals surface area (Å²) in [5.41, 5.74) is 1.55. The lowest BCUT2D eigenvalue weighted by Gasteiger charge is -2.09. The van der Waals surface area contributed by atoms with Gasteiger partial charge in [0.1, 0.15) is 5.82 Å². The number of hydrogen-bond acceptors (Lipinski definition) is 2. The third-order valence-corrected chi connectivity index (χ3v) is 3.89. The van der Waals surface area contributed by atoms with Crippen molar-refractivity contribution in [2.24, 2.45) is 0 Å². The summed E-state index contributed by atoms with van der Waals surface area (Å²) in [5.74, 6) is 0.916. The van der Waals surface area contributed by atoms with E-state index in [1.165, 1.54) is 0 Å². The zero-order valence-corrected chi connectivity index (χ0v) is 13.4. The maximum absolute atomic E-state index is 6.12. The Labute approximate surface area is 133 Å². The van der Waals surface area contributed by atoms with E-state index in [1.807, 2.05) is 6.07 Å². The summed E-state index contributed by atoms with van der Waals surface area (Å²) < 4.78 is 0. The number of nitrogens with one attached hydrogen (secondary N) is 2. The Morgan fingerprint density at radius 3 is 2.55 bits per heavy atom. The van der Waals surface area contributed by atoms with E-state index in [0.717, 1.165) is 30.8 Å². The van der Waals surface area contributed by atoms with Crippen molar-refractivity contribution in [3.63, 3.8) is 0 Å². The lowest BCUT2D eigenvalue weighted by molar-refractivity contribution is 0.760. The van der Waals surface area contributed by atoms with Crippen LogP contribution >= 0.6 is 34.8 Å². The fourth-order valence-electron chi connectivity index (χ4n) is 1.86. The number of rotatable bonds is 6. The number of anilines is 1. The molecule has 20 heavy (non-hydrogen) atoms. The quantitative estimate of drug-likeness (QED) is 0.751. The smallest absolute Gasteiger partial charge is 0.152 e. The molecule has 0 bridgehead atoms. The van der Waals surface area contributed by atoms with Gasteiger partial charge < -0.3 is 10.3 Å². The number of halogens is 3. The number of hydrogen-bond donors (Lipinski definition) is 2. The number of aryl methyl sites for hydroxylation is 1. The number of benzene rings is 1. The first kappa shape index (κ1) is 15.5. The number of H-pyrrole nitrogens is 1. The molecule has 0 saturated heterocycles. The molecule has 108 valence electrons. The van der Waals surface area contributed by atoms with E-state index in [2.05, 4.69) is 22.2 Å². The lowest BCUT2D eigenvalue weighted by atomic mass is 10.2. The van der Waals surface area contributed by atoms with Crippen molar-refractivity contribution >= 4 is 40.5 Å². The number of aromatic nitrogens is 2. The Kier molecular flexibility index (Phi) is 5.58. The highest BCUT2D eigenvalue weighted by Crippen LogP contribution is 2.30. The molecule has 0 aliphatic rings. The number of aromatic amines is 1. The Bertz CT molecular complexity index is 561. The first-order chi connectivity index (χ1) is 9.61. The lowest BCUT2D eigenvalue weighted by Crippen LogP contribution is -2.01. The van der Waals surface area contributed by atoms with Gasteiger partial charge in [-0.05, 0) is 18.6 Å². The molecule has 0 amide bonds. The molecule has 0 saturated carbocycles. The first-order valence-electron chi connectivity index (χ1n) is 6.53. The highest BCUT2D eigenvalue weighted by molar-refractivity contribution is 6.39. The molecule has 0 atom stereocenters. The minimum Gasteiger partial charge on any atom is -0.377 e. The van der Waals surface area contributed by atoms with Gasteiger partial charge in [-0.25, -0.2) is 4.98 Å². The molecule has 0 fully saturated rings. The third-order valence-electron chi connectivity index (χ3n) is 2.95. The van der Waals surface area contributed by atoms with Crippen LogP contribution in [-0.4, -0.2) is 9.97 Å². The molecule has 0 unspecified atom stereocenters. The molecule has 0 radical (unpaired) electrons. The molecule has 1 aromatic heterocycles. The maximum Gasteiger partial charge on any atom is 0.152 e. The van der Waals surface area contributed by atoms with Gasteiger partial charge in [0.2, 0.25) is 0 Å². The molecular formula is C14H16Cl3N3. The van der Waals surface area contributed by atoms with E-state index < -0.39 is 0 Å². The summed E-state index contributed by atoms with van der Waals surface area (Å²) >= 11 is 18.3. The largest absolute Gasteiger partial charge is 0.377 e. The molecule has 3 nitrogen and oxygen atoms in total. The average Bonchev–Trinajstić information content (AvgIpc) is 2.76.